The summed E-state index contributed by atoms with van der Waals surface area (Å²) in [7, 11) is 1.25. The molecule has 0 spiro atoms. The smallest absolute Gasteiger partial charge is 0.357 e. The van der Waals surface area contributed by atoms with Crippen molar-refractivity contribution in [1.29, 1.82) is 0 Å². The fraction of sp³-hybridized carbons (Fsp3) is 0.167. The van der Waals surface area contributed by atoms with Gasteiger partial charge in [-0.1, -0.05) is 6.07 Å². The molecule has 0 aliphatic carbocycles. The topological polar surface area (TPSA) is 51.2 Å². The number of hydrogen-bond donors (Lipinski definition) is 1. The van der Waals surface area contributed by atoms with Gasteiger partial charge < -0.3 is 10.1 Å². The molecule has 1 aromatic carbocycles. The molecule has 0 bridgehead atoms. The molecular weight excluding hydrogens is 274 g/mol. The molecule has 2 aromatic rings. The number of ether oxygens (including phenoxy) is 1. The van der Waals surface area contributed by atoms with Gasteiger partial charge in [0.05, 0.1) is 12.8 Å². The number of benzene rings is 1. The fourth-order valence-corrected chi connectivity index (χ4v) is 2.27. The van der Waals surface area contributed by atoms with E-state index < -0.39 is 17.6 Å². The highest BCUT2D eigenvalue weighted by molar-refractivity contribution is 7.15. The number of methoxy groups -OCH3 is 1. The molecular formula is C12H10F2N2O2S. The van der Waals surface area contributed by atoms with Crippen LogP contribution in [0.25, 0.3) is 0 Å². The zero-order chi connectivity index (χ0) is 14.0. The van der Waals surface area contributed by atoms with Gasteiger partial charge in [0, 0.05) is 4.88 Å². The van der Waals surface area contributed by atoms with Gasteiger partial charge in [-0.25, -0.2) is 18.6 Å². The summed E-state index contributed by atoms with van der Waals surface area (Å²) in [6, 6.07) is 3.78. The van der Waals surface area contributed by atoms with Crippen molar-refractivity contribution in [2.24, 2.45) is 0 Å². The van der Waals surface area contributed by atoms with E-state index in [1.165, 1.54) is 19.2 Å². The van der Waals surface area contributed by atoms with Gasteiger partial charge in [-0.05, 0) is 19.1 Å². The van der Waals surface area contributed by atoms with Crippen LogP contribution in [0.15, 0.2) is 18.2 Å². The van der Waals surface area contributed by atoms with Crippen LogP contribution >= 0.6 is 11.3 Å². The minimum Gasteiger partial charge on any atom is -0.464 e. The van der Waals surface area contributed by atoms with Gasteiger partial charge in [-0.3, -0.25) is 0 Å². The summed E-state index contributed by atoms with van der Waals surface area (Å²) in [4.78, 5) is 16.0. The minimum atomic E-state index is -0.991. The van der Waals surface area contributed by atoms with Crippen LogP contribution in [0, 0.1) is 18.6 Å². The van der Waals surface area contributed by atoms with Crippen molar-refractivity contribution in [3.05, 3.63) is 40.4 Å². The summed E-state index contributed by atoms with van der Waals surface area (Å²) >= 11 is 1.16. The lowest BCUT2D eigenvalue weighted by Crippen LogP contribution is -2.03. The van der Waals surface area contributed by atoms with E-state index in [4.69, 9.17) is 0 Å². The fourth-order valence-electron chi connectivity index (χ4n) is 1.45. The first-order valence-corrected chi connectivity index (χ1v) is 6.11. The Labute approximate surface area is 112 Å². The molecule has 0 amide bonds. The predicted octanol–water partition coefficient (Wildman–Crippen LogP) is 3.26. The Morgan fingerprint density at radius 2 is 2.16 bits per heavy atom. The van der Waals surface area contributed by atoms with E-state index in [0.29, 0.717) is 10.0 Å². The average molecular weight is 284 g/mol. The number of thiazole rings is 1. The number of hydrogen-bond acceptors (Lipinski definition) is 5. The van der Waals surface area contributed by atoms with Crippen LogP contribution in [0.2, 0.25) is 0 Å². The number of esters is 1. The molecule has 0 atom stereocenters. The molecule has 7 heteroatoms. The first-order chi connectivity index (χ1) is 9.02. The van der Waals surface area contributed by atoms with Crippen LogP contribution < -0.4 is 5.32 Å². The van der Waals surface area contributed by atoms with E-state index >= 15 is 0 Å². The third-order valence-electron chi connectivity index (χ3n) is 2.37. The van der Waals surface area contributed by atoms with Crippen molar-refractivity contribution >= 4 is 28.1 Å². The molecule has 1 N–H and O–H groups in total. The maximum Gasteiger partial charge on any atom is 0.357 e. The molecule has 1 heterocycles. The number of carbonyl (C=O) groups excluding carboxylic acids is 1. The Balaban J connectivity index is 2.29. The van der Waals surface area contributed by atoms with Crippen molar-refractivity contribution in [1.82, 2.24) is 4.98 Å². The largest absolute Gasteiger partial charge is 0.464 e. The average Bonchev–Trinajstić information content (AvgIpc) is 2.75. The Morgan fingerprint density at radius 1 is 1.42 bits per heavy atom. The molecule has 0 saturated carbocycles. The number of aromatic nitrogens is 1. The first-order valence-electron chi connectivity index (χ1n) is 5.29. The standard InChI is InChI=1S/C12H10F2N2O2S/c1-6-10(11(17)18-2)16-12(19-6)15-8-5-3-4-7(13)9(8)14/h3-5H,1-2H3,(H,15,16). The van der Waals surface area contributed by atoms with E-state index in [0.717, 1.165) is 17.4 Å². The second kappa shape index (κ2) is 5.31. The van der Waals surface area contributed by atoms with Crippen LogP contribution in [0.1, 0.15) is 15.4 Å². The van der Waals surface area contributed by atoms with Crippen molar-refractivity contribution in [3.63, 3.8) is 0 Å². The number of nitrogens with one attached hydrogen (secondary N) is 1. The number of rotatable bonds is 3. The Morgan fingerprint density at radius 3 is 2.84 bits per heavy atom. The molecule has 0 aliphatic rings. The molecule has 1 aromatic heterocycles. The molecule has 100 valence electrons. The Hall–Kier alpha value is -2.02. The van der Waals surface area contributed by atoms with Crippen molar-refractivity contribution < 1.29 is 18.3 Å². The van der Waals surface area contributed by atoms with Crippen molar-refractivity contribution in [2.75, 3.05) is 12.4 Å². The molecule has 0 radical (unpaired) electrons. The number of halogens is 2. The molecule has 0 unspecified atom stereocenters. The summed E-state index contributed by atoms with van der Waals surface area (Å²) in [6.07, 6.45) is 0. The summed E-state index contributed by atoms with van der Waals surface area (Å²) in [5.41, 5.74) is 0.122. The van der Waals surface area contributed by atoms with Gasteiger partial charge in [0.1, 0.15) is 0 Å². The van der Waals surface area contributed by atoms with Crippen LogP contribution in [-0.4, -0.2) is 18.1 Å². The molecule has 0 aliphatic heterocycles. The zero-order valence-electron chi connectivity index (χ0n) is 10.2. The highest BCUT2D eigenvalue weighted by Crippen LogP contribution is 2.27. The van der Waals surface area contributed by atoms with Crippen LogP contribution in [-0.2, 0) is 4.74 Å². The third-order valence-corrected chi connectivity index (χ3v) is 3.25. The number of nitrogens with zero attached hydrogens (tertiary/aromatic N) is 1. The molecule has 0 fully saturated rings. The van der Waals surface area contributed by atoms with Crippen LogP contribution in [0.5, 0.6) is 0 Å². The normalized spacial score (nSPS) is 10.3. The van der Waals surface area contributed by atoms with Gasteiger partial charge in [0.15, 0.2) is 22.5 Å². The lowest BCUT2D eigenvalue weighted by atomic mass is 10.3. The number of aryl methyl sites for hydroxylation is 1. The van der Waals surface area contributed by atoms with Gasteiger partial charge in [0.2, 0.25) is 0 Å². The number of anilines is 2. The van der Waals surface area contributed by atoms with Gasteiger partial charge >= 0.3 is 5.97 Å². The van der Waals surface area contributed by atoms with E-state index in [2.05, 4.69) is 15.0 Å². The van der Waals surface area contributed by atoms with E-state index in [9.17, 15) is 13.6 Å². The van der Waals surface area contributed by atoms with E-state index in [1.54, 1.807) is 6.92 Å². The van der Waals surface area contributed by atoms with Gasteiger partial charge in [0.25, 0.3) is 0 Å². The third kappa shape index (κ3) is 2.70. The highest BCUT2D eigenvalue weighted by Gasteiger charge is 2.17. The molecule has 2 rings (SSSR count). The lowest BCUT2D eigenvalue weighted by molar-refractivity contribution is 0.0594. The van der Waals surface area contributed by atoms with Gasteiger partial charge in [-0.15, -0.1) is 11.3 Å². The Bertz CT molecular complexity index is 628. The quantitative estimate of drug-likeness (QED) is 0.879. The molecule has 4 nitrogen and oxygen atoms in total. The summed E-state index contributed by atoms with van der Waals surface area (Å²) in [5.74, 6) is -2.51. The maximum atomic E-state index is 13.5. The van der Waals surface area contributed by atoms with Crippen molar-refractivity contribution in [2.45, 2.75) is 6.92 Å². The monoisotopic (exact) mass is 284 g/mol. The maximum absolute atomic E-state index is 13.5. The van der Waals surface area contributed by atoms with Crippen LogP contribution in [0.3, 0.4) is 0 Å². The second-order valence-electron chi connectivity index (χ2n) is 3.64. The zero-order valence-corrected chi connectivity index (χ0v) is 11.0. The summed E-state index contributed by atoms with van der Waals surface area (Å²) < 4.78 is 31.1. The Kier molecular flexibility index (Phi) is 3.75. The minimum absolute atomic E-state index is 0.0369. The summed E-state index contributed by atoms with van der Waals surface area (Å²) in [5, 5.41) is 2.93. The van der Waals surface area contributed by atoms with Crippen LogP contribution in [0.4, 0.5) is 19.6 Å². The SMILES string of the molecule is COC(=O)c1nc(Nc2cccc(F)c2F)sc1C. The van der Waals surface area contributed by atoms with Crippen molar-refractivity contribution in [3.8, 4) is 0 Å². The lowest BCUT2D eigenvalue weighted by Gasteiger charge is -2.03. The number of carbonyl (C=O) groups is 1. The van der Waals surface area contributed by atoms with E-state index in [-0.39, 0.29) is 11.4 Å². The predicted molar refractivity (Wildman–Crippen MR) is 67.8 cm³/mol. The summed E-state index contributed by atoms with van der Waals surface area (Å²) in [6.45, 7) is 1.69. The molecule has 19 heavy (non-hydrogen) atoms. The van der Waals surface area contributed by atoms with Gasteiger partial charge in [-0.2, -0.15) is 0 Å². The first kappa shape index (κ1) is 13.4. The van der Waals surface area contributed by atoms with E-state index in [1.807, 2.05) is 0 Å². The molecule has 0 saturated heterocycles. The highest BCUT2D eigenvalue weighted by atomic mass is 32.1. The second-order valence-corrected chi connectivity index (χ2v) is 4.84.